The lowest BCUT2D eigenvalue weighted by Crippen LogP contribution is -2.05. The first-order chi connectivity index (χ1) is 9.54. The smallest absolute Gasteiger partial charge is 0.146 e. The van der Waals surface area contributed by atoms with Crippen LogP contribution in [0.15, 0.2) is 34.8 Å². The first kappa shape index (κ1) is 15.3. The summed E-state index contributed by atoms with van der Waals surface area (Å²) < 4.78 is 33.3. The van der Waals surface area contributed by atoms with E-state index in [4.69, 9.17) is 16.3 Å². The topological polar surface area (TPSA) is 9.23 Å². The van der Waals surface area contributed by atoms with Crippen molar-refractivity contribution in [1.82, 2.24) is 0 Å². The molecule has 0 bridgehead atoms. The zero-order chi connectivity index (χ0) is 14.7. The molecule has 0 atom stereocenters. The molecule has 106 valence electrons. The number of hydrogen-bond donors (Lipinski definition) is 0. The molecule has 0 aliphatic heterocycles. The fraction of sp³-hybridized carbons (Fsp3) is 0.200. The van der Waals surface area contributed by atoms with Crippen LogP contribution in [0.1, 0.15) is 16.7 Å². The van der Waals surface area contributed by atoms with Crippen LogP contribution in [0.5, 0.6) is 5.75 Å². The largest absolute Gasteiger partial charge is 0.488 e. The summed E-state index contributed by atoms with van der Waals surface area (Å²) in [5.74, 6) is -0.431. The molecule has 0 unspecified atom stereocenters. The third kappa shape index (κ3) is 3.13. The number of aryl methyl sites for hydroxylation is 1. The highest BCUT2D eigenvalue weighted by Gasteiger charge is 2.14. The van der Waals surface area contributed by atoms with E-state index < -0.39 is 11.6 Å². The van der Waals surface area contributed by atoms with E-state index in [1.165, 1.54) is 12.1 Å². The van der Waals surface area contributed by atoms with Crippen molar-refractivity contribution in [2.75, 3.05) is 0 Å². The summed E-state index contributed by atoms with van der Waals surface area (Å²) in [6.45, 7) is 1.67. The first-order valence-corrected chi connectivity index (χ1v) is 7.27. The molecule has 1 nitrogen and oxygen atoms in total. The molecule has 0 aromatic heterocycles. The number of benzene rings is 2. The Labute approximate surface area is 129 Å². The van der Waals surface area contributed by atoms with Crippen molar-refractivity contribution < 1.29 is 13.5 Å². The van der Waals surface area contributed by atoms with Gasteiger partial charge in [0, 0.05) is 5.56 Å². The Balaban J connectivity index is 2.28. The molecule has 0 N–H and O–H groups in total. The zero-order valence-corrected chi connectivity index (χ0v) is 13.1. The molecule has 0 saturated heterocycles. The highest BCUT2D eigenvalue weighted by atomic mass is 79.9. The van der Waals surface area contributed by atoms with Crippen molar-refractivity contribution in [2.45, 2.75) is 19.4 Å². The van der Waals surface area contributed by atoms with E-state index in [9.17, 15) is 8.78 Å². The van der Waals surface area contributed by atoms with Crippen molar-refractivity contribution in [2.24, 2.45) is 0 Å². The fourth-order valence-electron chi connectivity index (χ4n) is 1.87. The van der Waals surface area contributed by atoms with Crippen LogP contribution in [0.2, 0.25) is 0 Å². The summed E-state index contributed by atoms with van der Waals surface area (Å²) >= 11 is 8.87. The number of hydrogen-bond acceptors (Lipinski definition) is 1. The van der Waals surface area contributed by atoms with E-state index in [0.717, 1.165) is 11.1 Å². The number of alkyl halides is 1. The predicted molar refractivity (Wildman–Crippen MR) is 79.1 cm³/mol. The minimum atomic E-state index is -0.647. The van der Waals surface area contributed by atoms with Gasteiger partial charge >= 0.3 is 0 Å². The molecule has 0 aliphatic carbocycles. The van der Waals surface area contributed by atoms with Gasteiger partial charge in [-0.15, -0.1) is 11.6 Å². The Kier molecular flexibility index (Phi) is 5.00. The molecule has 0 radical (unpaired) electrons. The maximum Gasteiger partial charge on any atom is 0.146 e. The van der Waals surface area contributed by atoms with Gasteiger partial charge in [0.1, 0.15) is 24.0 Å². The molecule has 20 heavy (non-hydrogen) atoms. The highest BCUT2D eigenvalue weighted by molar-refractivity contribution is 9.10. The Bertz CT molecular complexity index is 632. The Morgan fingerprint density at radius 1 is 1.20 bits per heavy atom. The fourth-order valence-corrected chi connectivity index (χ4v) is 2.45. The Hall–Kier alpha value is -1.13. The van der Waals surface area contributed by atoms with Crippen LogP contribution in [0.25, 0.3) is 0 Å². The lowest BCUT2D eigenvalue weighted by molar-refractivity contribution is 0.288. The van der Waals surface area contributed by atoms with E-state index in [-0.39, 0.29) is 22.5 Å². The van der Waals surface area contributed by atoms with Crippen molar-refractivity contribution in [3.8, 4) is 5.75 Å². The van der Waals surface area contributed by atoms with E-state index in [1.807, 2.05) is 25.1 Å². The van der Waals surface area contributed by atoms with Gasteiger partial charge in [0.2, 0.25) is 0 Å². The van der Waals surface area contributed by atoms with Gasteiger partial charge in [0.25, 0.3) is 0 Å². The normalized spacial score (nSPS) is 10.7. The van der Waals surface area contributed by atoms with Gasteiger partial charge in [-0.25, -0.2) is 8.78 Å². The van der Waals surface area contributed by atoms with Crippen LogP contribution >= 0.6 is 27.5 Å². The monoisotopic (exact) mass is 360 g/mol. The molecular formula is C15H12BrClF2O. The molecular weight excluding hydrogens is 350 g/mol. The molecule has 0 fully saturated rings. The van der Waals surface area contributed by atoms with E-state index >= 15 is 0 Å². The maximum atomic E-state index is 13.9. The van der Waals surface area contributed by atoms with Crippen molar-refractivity contribution in [3.05, 3.63) is 63.1 Å². The van der Waals surface area contributed by atoms with Gasteiger partial charge in [0.15, 0.2) is 0 Å². The molecule has 2 aromatic rings. The molecule has 2 aromatic carbocycles. The molecule has 5 heteroatoms. The zero-order valence-electron chi connectivity index (χ0n) is 10.7. The van der Waals surface area contributed by atoms with Crippen LogP contribution in [-0.4, -0.2) is 0 Å². The van der Waals surface area contributed by atoms with Gasteiger partial charge < -0.3 is 4.74 Å². The van der Waals surface area contributed by atoms with Crippen molar-refractivity contribution in [3.63, 3.8) is 0 Å². The Morgan fingerprint density at radius 3 is 2.65 bits per heavy atom. The molecule has 0 heterocycles. The molecule has 0 amide bonds. The lowest BCUT2D eigenvalue weighted by atomic mass is 10.1. The number of halogens is 4. The average Bonchev–Trinajstić information content (AvgIpc) is 2.44. The van der Waals surface area contributed by atoms with Crippen LogP contribution < -0.4 is 4.74 Å². The molecule has 0 spiro atoms. The SMILES string of the molecule is Cc1cccc(CCl)c1OCc1c(F)ccc(Br)c1F. The van der Waals surface area contributed by atoms with E-state index in [1.54, 1.807) is 0 Å². The minimum absolute atomic E-state index is 0.108. The molecule has 2 rings (SSSR count). The van der Waals surface area contributed by atoms with Crippen LogP contribution in [-0.2, 0) is 12.5 Å². The number of para-hydroxylation sites is 1. The molecule has 0 aliphatic rings. The summed E-state index contributed by atoms with van der Waals surface area (Å²) in [6, 6.07) is 8.07. The predicted octanol–water partition coefficient (Wildman–Crippen LogP) is 5.35. The summed E-state index contributed by atoms with van der Waals surface area (Å²) in [7, 11) is 0. The van der Waals surface area contributed by atoms with Gasteiger partial charge in [-0.05, 0) is 40.5 Å². The minimum Gasteiger partial charge on any atom is -0.488 e. The standard InChI is InChI=1S/C15H12BrClF2O/c1-9-3-2-4-10(7-17)15(9)20-8-11-13(18)6-5-12(16)14(11)19/h2-6H,7-8H2,1H3. The first-order valence-electron chi connectivity index (χ1n) is 5.94. The summed E-state index contributed by atoms with van der Waals surface area (Å²) in [5.41, 5.74) is 1.56. The quantitative estimate of drug-likeness (QED) is 0.526. The Morgan fingerprint density at radius 2 is 1.95 bits per heavy atom. The maximum absolute atomic E-state index is 13.9. The third-order valence-corrected chi connectivity index (χ3v) is 3.84. The third-order valence-electron chi connectivity index (χ3n) is 2.94. The van der Waals surface area contributed by atoms with Crippen molar-refractivity contribution >= 4 is 27.5 Å². The van der Waals surface area contributed by atoms with Gasteiger partial charge in [-0.2, -0.15) is 0 Å². The van der Waals surface area contributed by atoms with Gasteiger partial charge in [0.05, 0.1) is 15.9 Å². The van der Waals surface area contributed by atoms with E-state index in [2.05, 4.69) is 15.9 Å². The van der Waals surface area contributed by atoms with Crippen LogP contribution in [0, 0.1) is 18.6 Å². The second kappa shape index (κ2) is 6.55. The summed E-state index contributed by atoms with van der Waals surface area (Å²) in [5, 5.41) is 0. The molecule has 0 saturated carbocycles. The summed E-state index contributed by atoms with van der Waals surface area (Å²) in [4.78, 5) is 0. The van der Waals surface area contributed by atoms with Crippen LogP contribution in [0.4, 0.5) is 8.78 Å². The second-order valence-electron chi connectivity index (χ2n) is 4.31. The highest BCUT2D eigenvalue weighted by Crippen LogP contribution is 2.28. The number of ether oxygens (including phenoxy) is 1. The second-order valence-corrected chi connectivity index (χ2v) is 5.43. The number of rotatable bonds is 4. The van der Waals surface area contributed by atoms with Crippen molar-refractivity contribution in [1.29, 1.82) is 0 Å². The summed E-state index contributed by atoms with van der Waals surface area (Å²) in [6.07, 6.45) is 0. The average molecular weight is 362 g/mol. The van der Waals surface area contributed by atoms with Crippen LogP contribution in [0.3, 0.4) is 0 Å². The van der Waals surface area contributed by atoms with E-state index in [0.29, 0.717) is 5.75 Å². The lowest BCUT2D eigenvalue weighted by Gasteiger charge is -2.14. The van der Waals surface area contributed by atoms with Gasteiger partial charge in [-0.1, -0.05) is 18.2 Å². The van der Waals surface area contributed by atoms with Gasteiger partial charge in [-0.3, -0.25) is 0 Å².